The normalized spacial score (nSPS) is 8.33. The summed E-state index contributed by atoms with van der Waals surface area (Å²) in [5, 5.41) is 0. The van der Waals surface area contributed by atoms with Gasteiger partial charge in [-0.05, 0) is 6.42 Å². The van der Waals surface area contributed by atoms with Gasteiger partial charge in [0.1, 0.15) is 6.33 Å². The minimum absolute atomic E-state index is 0.678. The maximum Gasteiger partial charge on any atom is 0.219 e. The molecule has 1 aromatic rings. The molecule has 0 aromatic carbocycles. The standard InChI is InChI=1S/C7H10N2O.C2H6/c1-3-6-4-8-5-9-7(6)10-2;1-2/h4-5H,3H2,1-2H3;1-2H3. The molecule has 0 bridgehead atoms. The molecule has 1 aromatic heterocycles. The van der Waals surface area contributed by atoms with E-state index in [0.29, 0.717) is 5.88 Å². The van der Waals surface area contributed by atoms with Crippen LogP contribution in [-0.2, 0) is 6.42 Å². The lowest BCUT2D eigenvalue weighted by molar-refractivity contribution is 0.391. The second-order valence-electron chi connectivity index (χ2n) is 1.91. The van der Waals surface area contributed by atoms with Crippen molar-refractivity contribution < 1.29 is 4.74 Å². The van der Waals surface area contributed by atoms with Gasteiger partial charge in [0.05, 0.1) is 7.11 Å². The second-order valence-corrected chi connectivity index (χ2v) is 1.91. The predicted octanol–water partition coefficient (Wildman–Crippen LogP) is 2.07. The lowest BCUT2D eigenvalue weighted by atomic mass is 10.2. The molecule has 12 heavy (non-hydrogen) atoms. The van der Waals surface area contributed by atoms with Crippen molar-refractivity contribution in [1.29, 1.82) is 0 Å². The van der Waals surface area contributed by atoms with Gasteiger partial charge in [-0.15, -0.1) is 0 Å². The minimum atomic E-state index is 0.678. The number of hydrogen-bond acceptors (Lipinski definition) is 3. The quantitative estimate of drug-likeness (QED) is 0.678. The topological polar surface area (TPSA) is 35.0 Å². The van der Waals surface area contributed by atoms with E-state index in [2.05, 4.69) is 9.97 Å². The van der Waals surface area contributed by atoms with Crippen LogP contribution >= 0.6 is 0 Å². The average Bonchev–Trinajstić information content (AvgIpc) is 2.20. The van der Waals surface area contributed by atoms with Crippen LogP contribution in [0.15, 0.2) is 12.5 Å². The van der Waals surface area contributed by atoms with Gasteiger partial charge in [0.2, 0.25) is 5.88 Å². The Morgan fingerprint density at radius 2 is 2.08 bits per heavy atom. The van der Waals surface area contributed by atoms with E-state index in [1.165, 1.54) is 6.33 Å². The molecule has 0 saturated carbocycles. The highest BCUT2D eigenvalue weighted by atomic mass is 16.5. The first-order valence-electron chi connectivity index (χ1n) is 4.21. The lowest BCUT2D eigenvalue weighted by Gasteiger charge is -2.01. The van der Waals surface area contributed by atoms with E-state index in [-0.39, 0.29) is 0 Å². The van der Waals surface area contributed by atoms with Crippen molar-refractivity contribution in [3.63, 3.8) is 0 Å². The van der Waals surface area contributed by atoms with Crippen LogP contribution in [0, 0.1) is 0 Å². The molecule has 0 amide bonds. The van der Waals surface area contributed by atoms with E-state index in [9.17, 15) is 0 Å². The van der Waals surface area contributed by atoms with Crippen LogP contribution in [0.1, 0.15) is 26.3 Å². The molecule has 0 aliphatic carbocycles. The molecule has 0 fully saturated rings. The molecular weight excluding hydrogens is 152 g/mol. The van der Waals surface area contributed by atoms with E-state index in [4.69, 9.17) is 4.74 Å². The van der Waals surface area contributed by atoms with Crippen molar-refractivity contribution in [2.45, 2.75) is 27.2 Å². The molecular formula is C9H16N2O. The third kappa shape index (κ3) is 2.86. The fourth-order valence-electron chi connectivity index (χ4n) is 0.774. The van der Waals surface area contributed by atoms with Crippen LogP contribution in [0.2, 0.25) is 0 Å². The van der Waals surface area contributed by atoms with Crippen molar-refractivity contribution >= 4 is 0 Å². The van der Waals surface area contributed by atoms with Gasteiger partial charge in [0.15, 0.2) is 0 Å². The number of rotatable bonds is 2. The summed E-state index contributed by atoms with van der Waals surface area (Å²) in [6.45, 7) is 6.04. The SMILES string of the molecule is CC.CCc1cncnc1OC. The zero-order chi connectivity index (χ0) is 9.40. The van der Waals surface area contributed by atoms with Gasteiger partial charge >= 0.3 is 0 Å². The first-order valence-corrected chi connectivity index (χ1v) is 4.21. The summed E-state index contributed by atoms with van der Waals surface area (Å²) in [6.07, 6.45) is 4.16. The Kier molecular flexibility index (Phi) is 5.97. The van der Waals surface area contributed by atoms with Gasteiger partial charge in [0.25, 0.3) is 0 Å². The second kappa shape index (κ2) is 6.58. The summed E-state index contributed by atoms with van der Waals surface area (Å²) in [5.74, 6) is 0.678. The van der Waals surface area contributed by atoms with Crippen LogP contribution in [0.4, 0.5) is 0 Å². The smallest absolute Gasteiger partial charge is 0.219 e. The maximum absolute atomic E-state index is 4.99. The van der Waals surface area contributed by atoms with Gasteiger partial charge in [-0.1, -0.05) is 20.8 Å². The number of ether oxygens (including phenoxy) is 1. The number of methoxy groups -OCH3 is 1. The molecule has 3 heteroatoms. The highest BCUT2D eigenvalue weighted by molar-refractivity contribution is 5.21. The summed E-state index contributed by atoms with van der Waals surface area (Å²) < 4.78 is 4.99. The largest absolute Gasteiger partial charge is 0.481 e. The maximum atomic E-state index is 4.99. The summed E-state index contributed by atoms with van der Waals surface area (Å²) in [5.41, 5.74) is 1.05. The molecule has 0 spiro atoms. The Balaban J connectivity index is 0.000000561. The molecule has 68 valence electrons. The number of aromatic nitrogens is 2. The van der Waals surface area contributed by atoms with Crippen LogP contribution in [-0.4, -0.2) is 17.1 Å². The average molecular weight is 168 g/mol. The van der Waals surface area contributed by atoms with E-state index < -0.39 is 0 Å². The van der Waals surface area contributed by atoms with Crippen LogP contribution < -0.4 is 4.74 Å². The van der Waals surface area contributed by atoms with E-state index in [1.807, 2.05) is 20.8 Å². The number of nitrogens with zero attached hydrogens (tertiary/aromatic N) is 2. The Hall–Kier alpha value is -1.12. The van der Waals surface area contributed by atoms with E-state index >= 15 is 0 Å². The summed E-state index contributed by atoms with van der Waals surface area (Å²) in [7, 11) is 1.61. The fourth-order valence-corrected chi connectivity index (χ4v) is 0.774. The molecule has 0 N–H and O–H groups in total. The summed E-state index contributed by atoms with van der Waals surface area (Å²) in [6, 6.07) is 0. The summed E-state index contributed by atoms with van der Waals surface area (Å²) in [4.78, 5) is 7.81. The molecule has 0 radical (unpaired) electrons. The van der Waals surface area contributed by atoms with Gasteiger partial charge in [-0.2, -0.15) is 0 Å². The zero-order valence-corrected chi connectivity index (χ0v) is 8.16. The highest BCUT2D eigenvalue weighted by Gasteiger charge is 1.98. The molecule has 1 heterocycles. The fraction of sp³-hybridized carbons (Fsp3) is 0.556. The van der Waals surface area contributed by atoms with Gasteiger partial charge in [0, 0.05) is 11.8 Å². The zero-order valence-electron chi connectivity index (χ0n) is 8.16. The van der Waals surface area contributed by atoms with E-state index in [0.717, 1.165) is 12.0 Å². The Morgan fingerprint density at radius 3 is 2.50 bits per heavy atom. The van der Waals surface area contributed by atoms with Crippen molar-refractivity contribution in [3.05, 3.63) is 18.1 Å². The Bertz CT molecular complexity index is 190. The Morgan fingerprint density at radius 1 is 1.42 bits per heavy atom. The molecule has 1 rings (SSSR count). The van der Waals surface area contributed by atoms with E-state index in [1.54, 1.807) is 13.3 Å². The first kappa shape index (κ1) is 10.9. The monoisotopic (exact) mass is 168 g/mol. The lowest BCUT2D eigenvalue weighted by Crippen LogP contribution is -1.93. The Labute approximate surface area is 73.8 Å². The van der Waals surface area contributed by atoms with Crippen molar-refractivity contribution in [2.24, 2.45) is 0 Å². The molecule has 0 aliphatic heterocycles. The number of hydrogen-bond donors (Lipinski definition) is 0. The molecule has 3 nitrogen and oxygen atoms in total. The van der Waals surface area contributed by atoms with Gasteiger partial charge in [-0.3, -0.25) is 0 Å². The summed E-state index contributed by atoms with van der Waals surface area (Å²) >= 11 is 0. The van der Waals surface area contributed by atoms with Crippen molar-refractivity contribution in [3.8, 4) is 5.88 Å². The van der Waals surface area contributed by atoms with Gasteiger partial charge in [-0.25, -0.2) is 9.97 Å². The third-order valence-electron chi connectivity index (χ3n) is 1.32. The third-order valence-corrected chi connectivity index (χ3v) is 1.32. The van der Waals surface area contributed by atoms with Crippen LogP contribution in [0.3, 0.4) is 0 Å². The molecule has 0 atom stereocenters. The van der Waals surface area contributed by atoms with Gasteiger partial charge < -0.3 is 4.74 Å². The molecule has 0 aliphatic rings. The highest BCUT2D eigenvalue weighted by Crippen LogP contribution is 2.11. The minimum Gasteiger partial charge on any atom is -0.481 e. The predicted molar refractivity (Wildman–Crippen MR) is 49.3 cm³/mol. The van der Waals surface area contributed by atoms with Crippen LogP contribution in [0.5, 0.6) is 5.88 Å². The van der Waals surface area contributed by atoms with Crippen LogP contribution in [0.25, 0.3) is 0 Å². The first-order chi connectivity index (χ1) is 5.88. The van der Waals surface area contributed by atoms with Crippen molar-refractivity contribution in [1.82, 2.24) is 9.97 Å². The number of aryl methyl sites for hydroxylation is 1. The molecule has 0 unspecified atom stereocenters. The molecule has 0 saturated heterocycles. The van der Waals surface area contributed by atoms with Crippen molar-refractivity contribution in [2.75, 3.05) is 7.11 Å².